The molecule has 0 heterocycles. The minimum atomic E-state index is -0.421. The van der Waals surface area contributed by atoms with Crippen molar-refractivity contribution < 1.29 is 19.1 Å². The highest BCUT2D eigenvalue weighted by Crippen LogP contribution is 1.97. The number of rotatable bonds is 7. The van der Waals surface area contributed by atoms with Gasteiger partial charge < -0.3 is 9.47 Å². The topological polar surface area (TPSA) is 52.6 Å². The lowest BCUT2D eigenvalue weighted by Gasteiger charge is -2.05. The van der Waals surface area contributed by atoms with Gasteiger partial charge in [-0.05, 0) is 11.8 Å². The summed E-state index contributed by atoms with van der Waals surface area (Å²) in [4.78, 5) is 22.3. The van der Waals surface area contributed by atoms with Gasteiger partial charge in [-0.2, -0.15) is 0 Å². The first-order valence-electron chi connectivity index (χ1n) is 5.90. The van der Waals surface area contributed by atoms with Gasteiger partial charge in [-0.15, -0.1) is 0 Å². The Morgan fingerprint density at radius 1 is 1.00 bits per heavy atom. The quantitative estimate of drug-likeness (QED) is 0.508. The van der Waals surface area contributed by atoms with E-state index in [0.717, 1.165) is 0 Å². The third-order valence-corrected chi connectivity index (χ3v) is 1.68. The summed E-state index contributed by atoms with van der Waals surface area (Å²) in [6, 6.07) is 0. The van der Waals surface area contributed by atoms with Crippen LogP contribution in [0, 0.1) is 11.8 Å². The molecule has 0 atom stereocenters. The van der Waals surface area contributed by atoms with Gasteiger partial charge in [0.15, 0.2) is 0 Å². The Morgan fingerprint density at radius 3 is 2.06 bits per heavy atom. The van der Waals surface area contributed by atoms with Gasteiger partial charge in [0, 0.05) is 6.08 Å². The summed E-state index contributed by atoms with van der Waals surface area (Å²) in [5, 5.41) is 0. The predicted molar refractivity (Wildman–Crippen MR) is 65.4 cm³/mol. The summed E-state index contributed by atoms with van der Waals surface area (Å²) in [6.45, 7) is 8.64. The zero-order valence-electron chi connectivity index (χ0n) is 11.1. The second-order valence-electron chi connectivity index (χ2n) is 4.71. The minimum absolute atomic E-state index is 0.101. The van der Waals surface area contributed by atoms with E-state index < -0.39 is 5.97 Å². The van der Waals surface area contributed by atoms with Gasteiger partial charge in [0.05, 0.1) is 19.6 Å². The molecule has 0 aliphatic carbocycles. The molecule has 98 valence electrons. The Kier molecular flexibility index (Phi) is 8.11. The van der Waals surface area contributed by atoms with E-state index >= 15 is 0 Å². The van der Waals surface area contributed by atoms with Crippen LogP contribution < -0.4 is 0 Å². The summed E-state index contributed by atoms with van der Waals surface area (Å²) in [7, 11) is 0. The van der Waals surface area contributed by atoms with Crippen molar-refractivity contribution in [1.82, 2.24) is 0 Å². The molecule has 0 rings (SSSR count). The van der Waals surface area contributed by atoms with Crippen LogP contribution in [0.1, 0.15) is 34.1 Å². The van der Waals surface area contributed by atoms with Gasteiger partial charge in [0.25, 0.3) is 0 Å². The maximum Gasteiger partial charge on any atom is 0.330 e. The molecule has 0 aliphatic heterocycles. The molecule has 0 aliphatic rings. The molecule has 4 nitrogen and oxygen atoms in total. The fraction of sp³-hybridized carbons (Fsp3) is 0.692. The van der Waals surface area contributed by atoms with E-state index in [-0.39, 0.29) is 12.4 Å². The van der Waals surface area contributed by atoms with Crippen LogP contribution >= 0.6 is 0 Å². The van der Waals surface area contributed by atoms with Crippen molar-refractivity contribution in [3.63, 3.8) is 0 Å². The second-order valence-corrected chi connectivity index (χ2v) is 4.71. The first-order chi connectivity index (χ1) is 7.91. The number of esters is 2. The van der Waals surface area contributed by atoms with Crippen molar-refractivity contribution in [2.24, 2.45) is 11.8 Å². The molecule has 4 heteroatoms. The zero-order chi connectivity index (χ0) is 13.3. The standard InChI is InChI=1S/C13H22O4/c1-10(2)8-16-12(14)6-5-7-13(15)17-9-11(3)4/h5-6,10-11H,7-9H2,1-4H3/b6-5+. The highest BCUT2D eigenvalue weighted by atomic mass is 16.5. The normalized spacial score (nSPS) is 11.2. The van der Waals surface area contributed by atoms with Gasteiger partial charge >= 0.3 is 11.9 Å². The summed E-state index contributed by atoms with van der Waals surface area (Å²) in [5.74, 6) is -0.121. The molecule has 0 unspecified atom stereocenters. The van der Waals surface area contributed by atoms with Gasteiger partial charge in [-0.25, -0.2) is 4.79 Å². The van der Waals surface area contributed by atoms with Crippen LogP contribution in [0.15, 0.2) is 12.2 Å². The van der Waals surface area contributed by atoms with Crippen molar-refractivity contribution >= 4 is 11.9 Å². The van der Waals surface area contributed by atoms with Crippen molar-refractivity contribution in [2.75, 3.05) is 13.2 Å². The Bertz CT molecular complexity index is 267. The molecule has 0 saturated carbocycles. The molecule has 0 spiro atoms. The first-order valence-corrected chi connectivity index (χ1v) is 5.90. The van der Waals surface area contributed by atoms with E-state index in [4.69, 9.17) is 9.47 Å². The van der Waals surface area contributed by atoms with Crippen LogP contribution in [0.2, 0.25) is 0 Å². The van der Waals surface area contributed by atoms with Crippen LogP contribution in [-0.4, -0.2) is 25.2 Å². The molecule has 0 saturated heterocycles. The average Bonchev–Trinajstić information content (AvgIpc) is 2.23. The summed E-state index contributed by atoms with van der Waals surface area (Å²) in [6.07, 6.45) is 2.83. The van der Waals surface area contributed by atoms with Crippen molar-refractivity contribution in [3.8, 4) is 0 Å². The molecular formula is C13H22O4. The van der Waals surface area contributed by atoms with Crippen molar-refractivity contribution in [2.45, 2.75) is 34.1 Å². The number of carbonyl (C=O) groups is 2. The van der Waals surface area contributed by atoms with E-state index in [1.807, 2.05) is 27.7 Å². The van der Waals surface area contributed by atoms with Gasteiger partial charge in [0.2, 0.25) is 0 Å². The van der Waals surface area contributed by atoms with Crippen molar-refractivity contribution in [1.29, 1.82) is 0 Å². The van der Waals surface area contributed by atoms with Gasteiger partial charge in [-0.3, -0.25) is 4.79 Å². The number of ether oxygens (including phenoxy) is 2. The molecule has 0 radical (unpaired) electrons. The molecule has 0 aromatic rings. The van der Waals surface area contributed by atoms with E-state index in [1.54, 1.807) is 0 Å². The largest absolute Gasteiger partial charge is 0.465 e. The molecule has 0 fully saturated rings. The number of carbonyl (C=O) groups excluding carboxylic acids is 2. The van der Waals surface area contributed by atoms with Crippen LogP contribution in [-0.2, 0) is 19.1 Å². The zero-order valence-corrected chi connectivity index (χ0v) is 11.1. The van der Waals surface area contributed by atoms with E-state index in [9.17, 15) is 9.59 Å². The van der Waals surface area contributed by atoms with Crippen LogP contribution in [0.25, 0.3) is 0 Å². The monoisotopic (exact) mass is 242 g/mol. The minimum Gasteiger partial charge on any atom is -0.465 e. The summed E-state index contributed by atoms with van der Waals surface area (Å²) in [5.41, 5.74) is 0. The Labute approximate surface area is 103 Å². The van der Waals surface area contributed by atoms with E-state index in [1.165, 1.54) is 12.2 Å². The highest BCUT2D eigenvalue weighted by Gasteiger charge is 2.03. The molecule has 0 bridgehead atoms. The maximum absolute atomic E-state index is 11.2. The van der Waals surface area contributed by atoms with Crippen LogP contribution in [0.5, 0.6) is 0 Å². The Balaban J connectivity index is 3.71. The predicted octanol–water partition coefficient (Wildman–Crippen LogP) is 2.33. The molecule has 0 amide bonds. The van der Waals surface area contributed by atoms with Crippen LogP contribution in [0.4, 0.5) is 0 Å². The summed E-state index contributed by atoms with van der Waals surface area (Å²) < 4.78 is 9.85. The summed E-state index contributed by atoms with van der Waals surface area (Å²) >= 11 is 0. The van der Waals surface area contributed by atoms with E-state index in [0.29, 0.717) is 25.0 Å². The Hall–Kier alpha value is -1.32. The van der Waals surface area contributed by atoms with Crippen LogP contribution in [0.3, 0.4) is 0 Å². The number of hydrogen-bond donors (Lipinski definition) is 0. The molecule has 0 aromatic carbocycles. The first kappa shape index (κ1) is 15.7. The third-order valence-electron chi connectivity index (χ3n) is 1.68. The molecule has 17 heavy (non-hydrogen) atoms. The highest BCUT2D eigenvalue weighted by molar-refractivity contribution is 5.83. The second kappa shape index (κ2) is 8.79. The number of hydrogen-bond acceptors (Lipinski definition) is 4. The molecule has 0 N–H and O–H groups in total. The smallest absolute Gasteiger partial charge is 0.330 e. The van der Waals surface area contributed by atoms with Gasteiger partial charge in [0.1, 0.15) is 0 Å². The Morgan fingerprint density at radius 2 is 1.53 bits per heavy atom. The SMILES string of the molecule is CC(C)COC(=O)/C=C/CC(=O)OCC(C)C. The fourth-order valence-electron chi connectivity index (χ4n) is 0.867. The lowest BCUT2D eigenvalue weighted by Crippen LogP contribution is -2.09. The molecular weight excluding hydrogens is 220 g/mol. The lowest BCUT2D eigenvalue weighted by atomic mass is 10.2. The van der Waals surface area contributed by atoms with Gasteiger partial charge in [-0.1, -0.05) is 33.8 Å². The fourth-order valence-corrected chi connectivity index (χ4v) is 0.867. The average molecular weight is 242 g/mol. The maximum atomic E-state index is 11.2. The molecule has 0 aromatic heterocycles. The third kappa shape index (κ3) is 11.0. The van der Waals surface area contributed by atoms with E-state index in [2.05, 4.69) is 0 Å². The lowest BCUT2D eigenvalue weighted by molar-refractivity contribution is -0.143. The van der Waals surface area contributed by atoms with Crippen molar-refractivity contribution in [3.05, 3.63) is 12.2 Å².